The van der Waals surface area contributed by atoms with E-state index < -0.39 is 6.10 Å². The zero-order valence-electron chi connectivity index (χ0n) is 11.0. The van der Waals surface area contributed by atoms with Gasteiger partial charge in [0.1, 0.15) is 5.75 Å². The summed E-state index contributed by atoms with van der Waals surface area (Å²) in [6.45, 7) is 1.35. The molecule has 104 valence electrons. The lowest BCUT2D eigenvalue weighted by Crippen LogP contribution is -2.38. The van der Waals surface area contributed by atoms with Crippen LogP contribution in [0.1, 0.15) is 12.0 Å². The van der Waals surface area contributed by atoms with Gasteiger partial charge in [-0.15, -0.1) is 5.10 Å². The fourth-order valence-electron chi connectivity index (χ4n) is 2.25. The van der Waals surface area contributed by atoms with Gasteiger partial charge in [0.15, 0.2) is 6.10 Å². The Hall–Kier alpha value is -2.37. The number of carbonyl (C=O) groups excluding carboxylic acids is 1. The maximum absolute atomic E-state index is 12.0. The largest absolute Gasteiger partial charge is 0.480 e. The van der Waals surface area contributed by atoms with Crippen LogP contribution >= 0.6 is 0 Å². The summed E-state index contributed by atoms with van der Waals surface area (Å²) in [6.07, 6.45) is 4.50. The molecular formula is C14H16N4O2. The summed E-state index contributed by atoms with van der Waals surface area (Å²) in [7, 11) is 0. The first-order chi connectivity index (χ1) is 9.83. The lowest BCUT2D eigenvalue weighted by Gasteiger charge is -2.11. The Morgan fingerprint density at radius 3 is 3.15 bits per heavy atom. The van der Waals surface area contributed by atoms with Crippen LogP contribution in [0.25, 0.3) is 0 Å². The molecule has 3 rings (SSSR count). The fraction of sp³-hybridized carbons (Fsp3) is 0.357. The topological polar surface area (TPSA) is 69.0 Å². The SMILES string of the molecule is O=C(NCCCn1ccnn1)[C@@H]1Cc2ccccc2O1. The Bertz CT molecular complexity index is 558. The molecule has 0 bridgehead atoms. The van der Waals surface area contributed by atoms with Crippen molar-refractivity contribution in [3.8, 4) is 5.75 Å². The Kier molecular flexibility index (Phi) is 3.62. The fourth-order valence-corrected chi connectivity index (χ4v) is 2.25. The van der Waals surface area contributed by atoms with Crippen molar-refractivity contribution in [2.24, 2.45) is 0 Å². The molecule has 0 unspecified atom stereocenters. The second-order valence-corrected chi connectivity index (χ2v) is 4.73. The zero-order valence-corrected chi connectivity index (χ0v) is 11.0. The molecule has 1 amide bonds. The molecule has 0 fully saturated rings. The number of carbonyl (C=O) groups is 1. The highest BCUT2D eigenvalue weighted by Crippen LogP contribution is 2.27. The van der Waals surface area contributed by atoms with Crippen molar-refractivity contribution in [2.45, 2.75) is 25.5 Å². The average molecular weight is 272 g/mol. The van der Waals surface area contributed by atoms with E-state index in [0.717, 1.165) is 24.3 Å². The number of hydrogen-bond donors (Lipinski definition) is 1. The molecule has 20 heavy (non-hydrogen) atoms. The number of rotatable bonds is 5. The van der Waals surface area contributed by atoms with E-state index in [1.54, 1.807) is 17.1 Å². The number of para-hydroxylation sites is 1. The lowest BCUT2D eigenvalue weighted by atomic mass is 10.1. The van der Waals surface area contributed by atoms with Crippen LogP contribution < -0.4 is 10.1 Å². The quantitative estimate of drug-likeness (QED) is 0.817. The minimum absolute atomic E-state index is 0.0557. The summed E-state index contributed by atoms with van der Waals surface area (Å²) in [5.74, 6) is 0.759. The molecule has 1 aliphatic rings. The van der Waals surface area contributed by atoms with Crippen LogP contribution in [0.5, 0.6) is 5.75 Å². The molecule has 0 saturated heterocycles. The third-order valence-electron chi connectivity index (χ3n) is 3.27. The Morgan fingerprint density at radius 2 is 2.35 bits per heavy atom. The van der Waals surface area contributed by atoms with Gasteiger partial charge in [0.05, 0.1) is 6.20 Å². The van der Waals surface area contributed by atoms with Gasteiger partial charge < -0.3 is 10.1 Å². The van der Waals surface area contributed by atoms with Crippen molar-refractivity contribution in [1.82, 2.24) is 20.3 Å². The van der Waals surface area contributed by atoms with Crippen LogP contribution in [0.2, 0.25) is 0 Å². The third-order valence-corrected chi connectivity index (χ3v) is 3.27. The third kappa shape index (κ3) is 2.79. The van der Waals surface area contributed by atoms with Crippen LogP contribution in [-0.2, 0) is 17.8 Å². The molecule has 1 atom stereocenters. The number of nitrogens with zero attached hydrogens (tertiary/aromatic N) is 3. The van der Waals surface area contributed by atoms with Crippen molar-refractivity contribution in [3.63, 3.8) is 0 Å². The summed E-state index contributed by atoms with van der Waals surface area (Å²) in [6, 6.07) is 7.76. The number of amides is 1. The van der Waals surface area contributed by atoms with Gasteiger partial charge in [-0.25, -0.2) is 0 Å². The van der Waals surface area contributed by atoms with Crippen LogP contribution in [0.15, 0.2) is 36.7 Å². The van der Waals surface area contributed by atoms with Crippen LogP contribution in [-0.4, -0.2) is 33.5 Å². The highest BCUT2D eigenvalue weighted by molar-refractivity contribution is 5.82. The van der Waals surface area contributed by atoms with Crippen molar-refractivity contribution in [1.29, 1.82) is 0 Å². The molecule has 6 heteroatoms. The van der Waals surface area contributed by atoms with Crippen LogP contribution in [0.3, 0.4) is 0 Å². The number of benzene rings is 1. The monoisotopic (exact) mass is 272 g/mol. The Balaban J connectivity index is 1.42. The molecule has 1 N–H and O–H groups in total. The molecule has 0 radical (unpaired) electrons. The maximum Gasteiger partial charge on any atom is 0.261 e. The highest BCUT2D eigenvalue weighted by atomic mass is 16.5. The number of ether oxygens (including phenoxy) is 1. The zero-order chi connectivity index (χ0) is 13.8. The Morgan fingerprint density at radius 1 is 1.45 bits per heavy atom. The van der Waals surface area contributed by atoms with E-state index in [1.807, 2.05) is 24.3 Å². The second kappa shape index (κ2) is 5.73. The summed E-state index contributed by atoms with van der Waals surface area (Å²) in [5.41, 5.74) is 1.09. The van der Waals surface area contributed by atoms with Gasteiger partial charge in [0.25, 0.3) is 5.91 Å². The lowest BCUT2D eigenvalue weighted by molar-refractivity contribution is -0.127. The van der Waals surface area contributed by atoms with E-state index in [2.05, 4.69) is 15.6 Å². The molecule has 1 aromatic carbocycles. The van der Waals surface area contributed by atoms with E-state index in [-0.39, 0.29) is 5.91 Å². The molecule has 0 aliphatic carbocycles. The highest BCUT2D eigenvalue weighted by Gasteiger charge is 2.28. The number of hydrogen-bond acceptors (Lipinski definition) is 4. The minimum Gasteiger partial charge on any atom is -0.480 e. The normalized spacial score (nSPS) is 16.5. The molecule has 1 aromatic heterocycles. The smallest absolute Gasteiger partial charge is 0.261 e. The molecule has 2 heterocycles. The second-order valence-electron chi connectivity index (χ2n) is 4.73. The van der Waals surface area contributed by atoms with Gasteiger partial charge in [-0.2, -0.15) is 0 Å². The van der Waals surface area contributed by atoms with Gasteiger partial charge in [-0.3, -0.25) is 9.48 Å². The first-order valence-electron chi connectivity index (χ1n) is 6.69. The van der Waals surface area contributed by atoms with Gasteiger partial charge in [0, 0.05) is 25.7 Å². The first kappa shape index (κ1) is 12.7. The standard InChI is InChI=1S/C14H16N4O2/c19-14(15-6-3-8-18-9-7-16-17-18)13-10-11-4-1-2-5-12(11)20-13/h1-2,4-5,7,9,13H,3,6,8,10H2,(H,15,19)/t13-/m0/s1. The van der Waals surface area contributed by atoms with Crippen LogP contribution in [0.4, 0.5) is 0 Å². The van der Waals surface area contributed by atoms with Gasteiger partial charge in [0.2, 0.25) is 0 Å². The van der Waals surface area contributed by atoms with E-state index in [9.17, 15) is 4.79 Å². The number of nitrogens with one attached hydrogen (secondary N) is 1. The molecular weight excluding hydrogens is 256 g/mol. The summed E-state index contributed by atoms with van der Waals surface area (Å²) >= 11 is 0. The van der Waals surface area contributed by atoms with Crippen LogP contribution in [0, 0.1) is 0 Å². The maximum atomic E-state index is 12.0. The van der Waals surface area contributed by atoms with E-state index in [1.165, 1.54) is 0 Å². The van der Waals surface area contributed by atoms with E-state index >= 15 is 0 Å². The van der Waals surface area contributed by atoms with Crippen molar-refractivity contribution in [3.05, 3.63) is 42.2 Å². The van der Waals surface area contributed by atoms with E-state index in [0.29, 0.717) is 13.0 Å². The van der Waals surface area contributed by atoms with Gasteiger partial charge >= 0.3 is 0 Å². The number of aromatic nitrogens is 3. The minimum atomic E-state index is -0.404. The number of aryl methyl sites for hydroxylation is 1. The molecule has 2 aromatic rings. The van der Waals surface area contributed by atoms with Gasteiger partial charge in [-0.1, -0.05) is 23.4 Å². The van der Waals surface area contributed by atoms with Crippen molar-refractivity contribution >= 4 is 5.91 Å². The van der Waals surface area contributed by atoms with Gasteiger partial charge in [-0.05, 0) is 18.1 Å². The molecule has 6 nitrogen and oxygen atoms in total. The molecule has 1 aliphatic heterocycles. The van der Waals surface area contributed by atoms with Crippen molar-refractivity contribution in [2.75, 3.05) is 6.54 Å². The summed E-state index contributed by atoms with van der Waals surface area (Å²) in [4.78, 5) is 12.0. The first-order valence-corrected chi connectivity index (χ1v) is 6.69. The van der Waals surface area contributed by atoms with Crippen molar-refractivity contribution < 1.29 is 9.53 Å². The van der Waals surface area contributed by atoms with E-state index in [4.69, 9.17) is 4.74 Å². The predicted molar refractivity (Wildman–Crippen MR) is 72.2 cm³/mol. The summed E-state index contributed by atoms with van der Waals surface area (Å²) < 4.78 is 7.38. The number of fused-ring (bicyclic) bond motifs is 1. The Labute approximate surface area is 116 Å². The summed E-state index contributed by atoms with van der Waals surface area (Å²) in [5, 5.41) is 10.5. The molecule has 0 spiro atoms. The molecule has 0 saturated carbocycles. The average Bonchev–Trinajstić information content (AvgIpc) is 3.12. The predicted octanol–water partition coefficient (Wildman–Crippen LogP) is 0.788.